The van der Waals surface area contributed by atoms with E-state index in [1.165, 1.54) is 44.4 Å². The lowest BCUT2D eigenvalue weighted by atomic mass is 9.89. The van der Waals surface area contributed by atoms with Crippen molar-refractivity contribution in [2.75, 3.05) is 5.32 Å². The molecule has 0 aliphatic heterocycles. The summed E-state index contributed by atoms with van der Waals surface area (Å²) in [5.74, 6) is 0.275. The van der Waals surface area contributed by atoms with Gasteiger partial charge in [-0.3, -0.25) is 19.3 Å². The number of hydrogen-bond donors (Lipinski definition) is 2. The Morgan fingerprint density at radius 1 is 1.27 bits per heavy atom. The number of aromatic amines is 1. The molecule has 1 fully saturated rings. The number of H-pyrrole nitrogens is 1. The van der Waals surface area contributed by atoms with Crippen molar-refractivity contribution in [3.05, 3.63) is 52.8 Å². The smallest absolute Gasteiger partial charge is 0.274 e. The van der Waals surface area contributed by atoms with Gasteiger partial charge in [0.1, 0.15) is 11.2 Å². The number of carbonyl (C=O) groups excluding carboxylic acids is 1. The van der Waals surface area contributed by atoms with Crippen molar-refractivity contribution in [1.29, 1.82) is 0 Å². The number of carbonyl (C=O) groups is 1. The minimum absolute atomic E-state index is 0.257. The van der Waals surface area contributed by atoms with Gasteiger partial charge in [0.15, 0.2) is 0 Å². The summed E-state index contributed by atoms with van der Waals surface area (Å²) in [6.07, 6.45) is 11.0. The van der Waals surface area contributed by atoms with Crippen LogP contribution in [0.1, 0.15) is 42.6 Å². The highest BCUT2D eigenvalue weighted by molar-refractivity contribution is 6.11. The summed E-state index contributed by atoms with van der Waals surface area (Å²) in [4.78, 5) is 31.1. The molecular formula is C19H21N5O2. The summed E-state index contributed by atoms with van der Waals surface area (Å²) in [5.41, 5.74) is 1.44. The molecule has 7 heteroatoms. The van der Waals surface area contributed by atoms with Crippen LogP contribution in [-0.4, -0.2) is 25.7 Å². The highest BCUT2D eigenvalue weighted by Crippen LogP contribution is 2.27. The predicted molar refractivity (Wildman–Crippen MR) is 99.1 cm³/mol. The normalized spacial score (nSPS) is 15.2. The fourth-order valence-electron chi connectivity index (χ4n) is 3.68. The van der Waals surface area contributed by atoms with Gasteiger partial charge in [-0.15, -0.1) is 0 Å². The second-order valence-corrected chi connectivity index (χ2v) is 6.82. The number of nitrogens with zero attached hydrogens (tertiary/aromatic N) is 3. The summed E-state index contributed by atoms with van der Waals surface area (Å²) in [5, 5.41) is 8.20. The van der Waals surface area contributed by atoms with Crippen LogP contribution in [0.15, 0.2) is 41.6 Å². The van der Waals surface area contributed by atoms with Gasteiger partial charge in [-0.25, -0.2) is 0 Å². The largest absolute Gasteiger partial charge is 0.329 e. The van der Waals surface area contributed by atoms with Crippen molar-refractivity contribution in [2.45, 2.75) is 38.6 Å². The summed E-state index contributed by atoms with van der Waals surface area (Å²) < 4.78 is 1.81. The molecule has 3 heterocycles. The van der Waals surface area contributed by atoms with Gasteiger partial charge < -0.3 is 10.3 Å². The molecule has 0 spiro atoms. The maximum Gasteiger partial charge on any atom is 0.274 e. The summed E-state index contributed by atoms with van der Waals surface area (Å²) >= 11 is 0. The van der Waals surface area contributed by atoms with Gasteiger partial charge in [0.2, 0.25) is 5.56 Å². The van der Waals surface area contributed by atoms with E-state index in [0.717, 1.165) is 11.9 Å². The Balaban J connectivity index is 1.68. The van der Waals surface area contributed by atoms with Crippen LogP contribution in [0, 0.1) is 5.92 Å². The number of amides is 1. The molecule has 1 amide bonds. The Labute approximate surface area is 150 Å². The van der Waals surface area contributed by atoms with Crippen LogP contribution in [0.4, 0.5) is 5.69 Å². The number of hydrogen-bond acceptors (Lipinski definition) is 4. The van der Waals surface area contributed by atoms with Crippen molar-refractivity contribution >= 4 is 22.5 Å². The third-order valence-corrected chi connectivity index (χ3v) is 4.95. The van der Waals surface area contributed by atoms with Gasteiger partial charge in [0.05, 0.1) is 6.20 Å². The summed E-state index contributed by atoms with van der Waals surface area (Å²) in [6, 6.07) is 4.83. The average molecular weight is 351 g/mol. The van der Waals surface area contributed by atoms with Crippen LogP contribution >= 0.6 is 0 Å². The molecule has 1 saturated carbocycles. The summed E-state index contributed by atoms with van der Waals surface area (Å²) in [6.45, 7) is 0.729. The van der Waals surface area contributed by atoms with Gasteiger partial charge in [0.25, 0.3) is 5.91 Å². The van der Waals surface area contributed by atoms with Crippen LogP contribution in [0.5, 0.6) is 0 Å². The van der Waals surface area contributed by atoms with Gasteiger partial charge in [0, 0.05) is 36.1 Å². The molecule has 0 unspecified atom stereocenters. The first kappa shape index (κ1) is 16.5. The molecule has 0 aromatic carbocycles. The molecule has 1 aliphatic carbocycles. The third kappa shape index (κ3) is 3.37. The number of fused-ring (bicyclic) bond motifs is 1. The Bertz CT molecular complexity index is 985. The van der Waals surface area contributed by atoms with Crippen LogP contribution in [0.2, 0.25) is 0 Å². The molecule has 3 aromatic rings. The lowest BCUT2D eigenvalue weighted by Gasteiger charge is -2.22. The van der Waals surface area contributed by atoms with Gasteiger partial charge in [-0.05, 0) is 30.9 Å². The quantitative estimate of drug-likeness (QED) is 0.756. The second kappa shape index (κ2) is 7.11. The Hall–Kier alpha value is -2.96. The number of pyridine rings is 2. The SMILES string of the molecule is O=C(Nc1cc[nH]c(=O)c1)c1c2ccncc2nn1CC1CCCCC1. The minimum atomic E-state index is -0.264. The maximum absolute atomic E-state index is 13.0. The van der Waals surface area contributed by atoms with E-state index >= 15 is 0 Å². The van der Waals surface area contributed by atoms with Crippen LogP contribution in [0.3, 0.4) is 0 Å². The molecule has 0 bridgehead atoms. The molecule has 0 atom stereocenters. The molecule has 1 aliphatic rings. The lowest BCUT2D eigenvalue weighted by Crippen LogP contribution is -2.22. The average Bonchev–Trinajstić information content (AvgIpc) is 3.00. The van der Waals surface area contributed by atoms with E-state index in [4.69, 9.17) is 0 Å². The van der Waals surface area contributed by atoms with E-state index in [0.29, 0.717) is 22.8 Å². The van der Waals surface area contributed by atoms with Gasteiger partial charge >= 0.3 is 0 Å². The fraction of sp³-hybridized carbons (Fsp3) is 0.368. The van der Waals surface area contributed by atoms with Crippen molar-refractivity contribution in [1.82, 2.24) is 19.7 Å². The van der Waals surface area contributed by atoms with E-state index in [1.807, 2.05) is 10.7 Å². The first-order chi connectivity index (χ1) is 12.7. The standard InChI is InChI=1S/C19H21N5O2/c25-17-10-14(6-9-21-17)22-19(26)18-15-7-8-20-11-16(15)23-24(18)12-13-4-2-1-3-5-13/h6-11,13H,1-5,12H2,(H2,21,22,25,26). The fourth-order valence-corrected chi connectivity index (χ4v) is 3.68. The molecule has 0 radical (unpaired) electrons. The van der Waals surface area contributed by atoms with Gasteiger partial charge in [-0.2, -0.15) is 5.10 Å². The van der Waals surface area contributed by atoms with E-state index < -0.39 is 0 Å². The minimum Gasteiger partial charge on any atom is -0.329 e. The molecule has 7 nitrogen and oxygen atoms in total. The zero-order valence-corrected chi connectivity index (χ0v) is 14.4. The molecular weight excluding hydrogens is 330 g/mol. The van der Waals surface area contributed by atoms with E-state index in [2.05, 4.69) is 20.4 Å². The molecule has 134 valence electrons. The maximum atomic E-state index is 13.0. The number of aromatic nitrogens is 4. The molecule has 0 saturated heterocycles. The Morgan fingerprint density at radius 3 is 2.92 bits per heavy atom. The second-order valence-electron chi connectivity index (χ2n) is 6.82. The summed E-state index contributed by atoms with van der Waals surface area (Å²) in [7, 11) is 0. The lowest BCUT2D eigenvalue weighted by molar-refractivity contribution is 0.101. The highest BCUT2D eigenvalue weighted by Gasteiger charge is 2.22. The van der Waals surface area contributed by atoms with E-state index in [-0.39, 0.29) is 11.5 Å². The number of anilines is 1. The van der Waals surface area contributed by atoms with Crippen LogP contribution in [-0.2, 0) is 6.54 Å². The van der Waals surface area contributed by atoms with Gasteiger partial charge in [-0.1, -0.05) is 19.3 Å². The highest BCUT2D eigenvalue weighted by atomic mass is 16.2. The topological polar surface area (TPSA) is 92.7 Å². The molecule has 4 rings (SSSR count). The number of nitrogens with one attached hydrogen (secondary N) is 2. The van der Waals surface area contributed by atoms with Crippen molar-refractivity contribution in [3.63, 3.8) is 0 Å². The zero-order chi connectivity index (χ0) is 17.9. The molecule has 26 heavy (non-hydrogen) atoms. The first-order valence-corrected chi connectivity index (χ1v) is 9.01. The molecule has 2 N–H and O–H groups in total. The van der Waals surface area contributed by atoms with Crippen LogP contribution < -0.4 is 10.9 Å². The third-order valence-electron chi connectivity index (χ3n) is 4.95. The number of rotatable bonds is 4. The van der Waals surface area contributed by atoms with E-state index in [1.54, 1.807) is 18.5 Å². The Morgan fingerprint density at radius 2 is 2.12 bits per heavy atom. The molecule has 3 aromatic heterocycles. The first-order valence-electron chi connectivity index (χ1n) is 9.01. The zero-order valence-electron chi connectivity index (χ0n) is 14.4. The van der Waals surface area contributed by atoms with Crippen LogP contribution in [0.25, 0.3) is 10.9 Å². The van der Waals surface area contributed by atoms with E-state index in [9.17, 15) is 9.59 Å². The van der Waals surface area contributed by atoms with Crippen molar-refractivity contribution < 1.29 is 4.79 Å². The monoisotopic (exact) mass is 351 g/mol. The Kier molecular flexibility index (Phi) is 4.51. The van der Waals surface area contributed by atoms with Crippen molar-refractivity contribution in [3.8, 4) is 0 Å². The van der Waals surface area contributed by atoms with Crippen molar-refractivity contribution in [2.24, 2.45) is 5.92 Å². The predicted octanol–water partition coefficient (Wildman–Crippen LogP) is 2.95.